The van der Waals surface area contributed by atoms with E-state index in [4.69, 9.17) is 0 Å². The van der Waals surface area contributed by atoms with Gasteiger partial charge in [-0.15, -0.1) is 6.58 Å². The summed E-state index contributed by atoms with van der Waals surface area (Å²) >= 11 is 0. The Labute approximate surface area is 114 Å². The van der Waals surface area contributed by atoms with Gasteiger partial charge in [0.2, 0.25) is 0 Å². The molecule has 3 rings (SSSR count). The molecule has 0 saturated carbocycles. The first-order chi connectivity index (χ1) is 9.11. The van der Waals surface area contributed by atoms with Gasteiger partial charge >= 0.3 is 0 Å². The monoisotopic (exact) mass is 249 g/mol. The molecule has 0 bridgehead atoms. The van der Waals surface area contributed by atoms with E-state index >= 15 is 0 Å². The fourth-order valence-electron chi connectivity index (χ4n) is 2.81. The number of aryl methyl sites for hydroxylation is 2. The van der Waals surface area contributed by atoms with Crippen molar-refractivity contribution >= 4 is 21.8 Å². The molecule has 0 aliphatic rings. The molecule has 1 heterocycles. The van der Waals surface area contributed by atoms with Crippen LogP contribution in [0.3, 0.4) is 0 Å². The van der Waals surface area contributed by atoms with Gasteiger partial charge in [0, 0.05) is 27.8 Å². The van der Waals surface area contributed by atoms with Crippen LogP contribution in [0.4, 0.5) is 0 Å². The molecule has 0 aliphatic carbocycles. The summed E-state index contributed by atoms with van der Waals surface area (Å²) in [6, 6.07) is 13.7. The molecular formula is C18H19N. The SMILES string of the molecule is C=CC(C)n1c2cc(C)ccc2c2ccc(C)cc21. The predicted octanol–water partition coefficient (Wildman–Crippen LogP) is 5.16. The first kappa shape index (κ1) is 12.0. The third kappa shape index (κ3) is 1.77. The van der Waals surface area contributed by atoms with Crippen LogP contribution in [0.5, 0.6) is 0 Å². The van der Waals surface area contributed by atoms with Crippen molar-refractivity contribution < 1.29 is 0 Å². The average Bonchev–Trinajstić information content (AvgIpc) is 2.70. The van der Waals surface area contributed by atoms with E-state index in [9.17, 15) is 0 Å². The molecule has 0 N–H and O–H groups in total. The molecule has 0 fully saturated rings. The molecule has 3 aromatic rings. The van der Waals surface area contributed by atoms with Gasteiger partial charge in [-0.1, -0.05) is 30.3 Å². The Bertz CT molecular complexity index is 718. The Morgan fingerprint density at radius 3 is 1.84 bits per heavy atom. The zero-order valence-corrected chi connectivity index (χ0v) is 11.8. The van der Waals surface area contributed by atoms with Gasteiger partial charge in [-0.05, 0) is 44.0 Å². The molecule has 0 spiro atoms. The summed E-state index contributed by atoms with van der Waals surface area (Å²) in [6.07, 6.45) is 2.00. The van der Waals surface area contributed by atoms with Crippen LogP contribution in [0.1, 0.15) is 24.1 Å². The van der Waals surface area contributed by atoms with Gasteiger partial charge in [-0.25, -0.2) is 0 Å². The van der Waals surface area contributed by atoms with Crippen LogP contribution >= 0.6 is 0 Å². The van der Waals surface area contributed by atoms with Crippen LogP contribution in [-0.2, 0) is 0 Å². The van der Waals surface area contributed by atoms with Gasteiger partial charge in [-0.2, -0.15) is 0 Å². The topological polar surface area (TPSA) is 4.93 Å². The number of hydrogen-bond acceptors (Lipinski definition) is 0. The predicted molar refractivity (Wildman–Crippen MR) is 83.8 cm³/mol. The van der Waals surface area contributed by atoms with Crippen molar-refractivity contribution in [1.29, 1.82) is 0 Å². The fraction of sp³-hybridized carbons (Fsp3) is 0.222. The lowest BCUT2D eigenvalue weighted by Gasteiger charge is -2.13. The molecule has 1 heteroatoms. The highest BCUT2D eigenvalue weighted by Crippen LogP contribution is 2.33. The number of hydrogen-bond donors (Lipinski definition) is 0. The Morgan fingerprint density at radius 2 is 1.42 bits per heavy atom. The summed E-state index contributed by atoms with van der Waals surface area (Å²) in [5, 5.41) is 2.66. The van der Waals surface area contributed by atoms with E-state index in [0.29, 0.717) is 6.04 Å². The molecule has 1 nitrogen and oxygen atoms in total. The third-order valence-corrected chi connectivity index (χ3v) is 3.86. The van der Waals surface area contributed by atoms with Crippen molar-refractivity contribution in [2.24, 2.45) is 0 Å². The van der Waals surface area contributed by atoms with Crippen LogP contribution < -0.4 is 0 Å². The summed E-state index contributed by atoms with van der Waals surface area (Å²) in [5.74, 6) is 0. The molecule has 1 unspecified atom stereocenters. The summed E-state index contributed by atoms with van der Waals surface area (Å²) in [7, 11) is 0. The lowest BCUT2D eigenvalue weighted by atomic mass is 10.1. The maximum Gasteiger partial charge on any atom is 0.0499 e. The van der Waals surface area contributed by atoms with Crippen LogP contribution in [0.15, 0.2) is 49.1 Å². The number of fused-ring (bicyclic) bond motifs is 3. The van der Waals surface area contributed by atoms with E-state index in [0.717, 1.165) is 0 Å². The molecule has 0 saturated heterocycles. The number of allylic oxidation sites excluding steroid dienone is 1. The third-order valence-electron chi connectivity index (χ3n) is 3.86. The Morgan fingerprint density at radius 1 is 0.947 bits per heavy atom. The Balaban J connectivity index is 2.54. The van der Waals surface area contributed by atoms with Crippen LogP contribution in [0, 0.1) is 13.8 Å². The summed E-state index contributed by atoms with van der Waals surface area (Å²) < 4.78 is 2.39. The zero-order valence-electron chi connectivity index (χ0n) is 11.8. The molecule has 0 radical (unpaired) electrons. The van der Waals surface area contributed by atoms with Gasteiger partial charge in [-0.3, -0.25) is 0 Å². The molecule has 0 amide bonds. The molecule has 96 valence electrons. The molecular weight excluding hydrogens is 230 g/mol. The van der Waals surface area contributed by atoms with Crippen molar-refractivity contribution in [1.82, 2.24) is 4.57 Å². The van der Waals surface area contributed by atoms with E-state index in [1.807, 2.05) is 6.08 Å². The van der Waals surface area contributed by atoms with E-state index in [-0.39, 0.29) is 0 Å². The normalized spacial score (nSPS) is 13.0. The van der Waals surface area contributed by atoms with Crippen LogP contribution in [0.2, 0.25) is 0 Å². The quantitative estimate of drug-likeness (QED) is 0.553. The van der Waals surface area contributed by atoms with Crippen molar-refractivity contribution in [3.05, 3.63) is 60.2 Å². The average molecular weight is 249 g/mol. The highest BCUT2D eigenvalue weighted by molar-refractivity contribution is 6.08. The fourth-order valence-corrected chi connectivity index (χ4v) is 2.81. The second-order valence-electron chi connectivity index (χ2n) is 5.39. The van der Waals surface area contributed by atoms with Crippen molar-refractivity contribution in [3.8, 4) is 0 Å². The van der Waals surface area contributed by atoms with Gasteiger partial charge in [0.25, 0.3) is 0 Å². The first-order valence-electron chi connectivity index (χ1n) is 6.75. The van der Waals surface area contributed by atoms with Gasteiger partial charge in [0.05, 0.1) is 0 Å². The Hall–Kier alpha value is -2.02. The van der Waals surface area contributed by atoms with E-state index in [1.54, 1.807) is 0 Å². The maximum absolute atomic E-state index is 3.95. The summed E-state index contributed by atoms with van der Waals surface area (Å²) in [4.78, 5) is 0. The minimum absolute atomic E-state index is 0.295. The summed E-state index contributed by atoms with van der Waals surface area (Å²) in [5.41, 5.74) is 5.19. The van der Waals surface area contributed by atoms with E-state index in [1.165, 1.54) is 32.9 Å². The number of nitrogens with zero attached hydrogens (tertiary/aromatic N) is 1. The zero-order chi connectivity index (χ0) is 13.6. The standard InChI is InChI=1S/C18H19N/c1-5-14(4)19-17-10-12(2)6-8-15(17)16-9-7-13(3)11-18(16)19/h5-11,14H,1H2,2-4H3. The van der Waals surface area contributed by atoms with E-state index in [2.05, 4.69) is 68.3 Å². The highest BCUT2D eigenvalue weighted by atomic mass is 15.0. The minimum Gasteiger partial charge on any atom is -0.334 e. The second kappa shape index (κ2) is 4.27. The van der Waals surface area contributed by atoms with Gasteiger partial charge < -0.3 is 4.57 Å². The van der Waals surface area contributed by atoms with Gasteiger partial charge in [0.15, 0.2) is 0 Å². The number of benzene rings is 2. The maximum atomic E-state index is 3.95. The van der Waals surface area contributed by atoms with E-state index < -0.39 is 0 Å². The number of rotatable bonds is 2. The first-order valence-corrected chi connectivity index (χ1v) is 6.75. The van der Waals surface area contributed by atoms with Crippen molar-refractivity contribution in [3.63, 3.8) is 0 Å². The molecule has 0 aliphatic heterocycles. The molecule has 19 heavy (non-hydrogen) atoms. The summed E-state index contributed by atoms with van der Waals surface area (Å²) in [6.45, 7) is 10.4. The lowest BCUT2D eigenvalue weighted by Crippen LogP contribution is -2.01. The highest BCUT2D eigenvalue weighted by Gasteiger charge is 2.13. The second-order valence-corrected chi connectivity index (χ2v) is 5.39. The van der Waals surface area contributed by atoms with Gasteiger partial charge in [0.1, 0.15) is 0 Å². The van der Waals surface area contributed by atoms with Crippen LogP contribution in [-0.4, -0.2) is 4.57 Å². The number of aromatic nitrogens is 1. The molecule has 2 aromatic carbocycles. The largest absolute Gasteiger partial charge is 0.334 e. The Kier molecular flexibility index (Phi) is 2.70. The lowest BCUT2D eigenvalue weighted by molar-refractivity contribution is 0.712. The minimum atomic E-state index is 0.295. The smallest absolute Gasteiger partial charge is 0.0499 e. The van der Waals surface area contributed by atoms with Crippen LogP contribution in [0.25, 0.3) is 21.8 Å². The van der Waals surface area contributed by atoms with Crippen molar-refractivity contribution in [2.45, 2.75) is 26.8 Å². The molecule has 1 atom stereocenters. The molecule has 1 aromatic heterocycles. The van der Waals surface area contributed by atoms with Crippen molar-refractivity contribution in [2.75, 3.05) is 0 Å².